The van der Waals surface area contributed by atoms with Crippen LogP contribution in [-0.2, 0) is 0 Å². The molecule has 0 aliphatic rings. The standard InChI is InChI=1S/C6H7NO3/c1-5(7(8)9)6-3-2-4-10-6/h2-5H,1H3. The largest absolute Gasteiger partial charge is 0.462 e. The van der Waals surface area contributed by atoms with Crippen molar-refractivity contribution in [3.63, 3.8) is 0 Å². The van der Waals surface area contributed by atoms with Crippen LogP contribution in [0.25, 0.3) is 0 Å². The van der Waals surface area contributed by atoms with E-state index in [0.717, 1.165) is 0 Å². The molecule has 0 amide bonds. The number of rotatable bonds is 2. The third-order valence-corrected chi connectivity index (χ3v) is 1.27. The predicted octanol–water partition coefficient (Wildman–Crippen LogP) is 1.62. The molecular formula is C6H7NO3. The second-order valence-corrected chi connectivity index (χ2v) is 1.98. The summed E-state index contributed by atoms with van der Waals surface area (Å²) in [6.45, 7) is 1.48. The van der Waals surface area contributed by atoms with E-state index in [9.17, 15) is 10.1 Å². The summed E-state index contributed by atoms with van der Waals surface area (Å²) in [5.74, 6) is 0.394. The molecule has 0 radical (unpaired) electrons. The van der Waals surface area contributed by atoms with E-state index in [1.807, 2.05) is 0 Å². The van der Waals surface area contributed by atoms with Gasteiger partial charge in [-0.1, -0.05) is 0 Å². The van der Waals surface area contributed by atoms with Gasteiger partial charge in [0, 0.05) is 11.8 Å². The molecule has 1 heterocycles. The average Bonchev–Trinajstić information content (AvgIpc) is 2.36. The van der Waals surface area contributed by atoms with Crippen LogP contribution in [0.1, 0.15) is 18.7 Å². The summed E-state index contributed by atoms with van der Waals surface area (Å²) in [5.41, 5.74) is 0. The predicted molar refractivity (Wildman–Crippen MR) is 34.1 cm³/mol. The van der Waals surface area contributed by atoms with Gasteiger partial charge in [0.2, 0.25) is 0 Å². The second-order valence-electron chi connectivity index (χ2n) is 1.98. The van der Waals surface area contributed by atoms with Crippen LogP contribution in [0.15, 0.2) is 22.8 Å². The van der Waals surface area contributed by atoms with Crippen LogP contribution in [0.4, 0.5) is 0 Å². The highest BCUT2D eigenvalue weighted by Crippen LogP contribution is 2.14. The highest BCUT2D eigenvalue weighted by molar-refractivity contribution is 5.00. The molecule has 10 heavy (non-hydrogen) atoms. The smallest absolute Gasteiger partial charge is 0.266 e. The number of nitro groups is 1. The maximum Gasteiger partial charge on any atom is 0.266 e. The minimum Gasteiger partial charge on any atom is -0.462 e. The molecule has 0 aromatic carbocycles. The number of nitrogens with zero attached hydrogens (tertiary/aromatic N) is 1. The van der Waals surface area contributed by atoms with Crippen molar-refractivity contribution in [3.05, 3.63) is 34.3 Å². The number of hydrogen-bond acceptors (Lipinski definition) is 3. The van der Waals surface area contributed by atoms with E-state index >= 15 is 0 Å². The van der Waals surface area contributed by atoms with Crippen molar-refractivity contribution in [1.29, 1.82) is 0 Å². The third kappa shape index (κ3) is 1.15. The lowest BCUT2D eigenvalue weighted by molar-refractivity contribution is -0.527. The van der Waals surface area contributed by atoms with Crippen LogP contribution in [0.2, 0.25) is 0 Å². The first kappa shape index (κ1) is 6.80. The van der Waals surface area contributed by atoms with E-state index in [1.54, 1.807) is 12.1 Å². The maximum atomic E-state index is 10.1. The minimum atomic E-state index is -0.741. The first-order chi connectivity index (χ1) is 4.72. The fraction of sp³-hybridized carbons (Fsp3) is 0.333. The van der Waals surface area contributed by atoms with Gasteiger partial charge in [-0.25, -0.2) is 0 Å². The molecule has 0 fully saturated rings. The molecule has 0 aliphatic heterocycles. The highest BCUT2D eigenvalue weighted by Gasteiger charge is 2.17. The number of furan rings is 1. The summed E-state index contributed by atoms with van der Waals surface area (Å²) < 4.78 is 4.81. The van der Waals surface area contributed by atoms with Gasteiger partial charge in [-0.05, 0) is 12.1 Å². The van der Waals surface area contributed by atoms with E-state index in [4.69, 9.17) is 4.42 Å². The molecule has 0 saturated heterocycles. The minimum absolute atomic E-state index is 0.390. The Morgan fingerprint density at radius 2 is 2.50 bits per heavy atom. The number of hydrogen-bond donors (Lipinski definition) is 0. The Kier molecular flexibility index (Phi) is 1.71. The Labute approximate surface area is 57.6 Å². The molecule has 0 N–H and O–H groups in total. The first-order valence-corrected chi connectivity index (χ1v) is 2.88. The second kappa shape index (κ2) is 2.51. The Morgan fingerprint density at radius 1 is 1.80 bits per heavy atom. The molecule has 1 unspecified atom stereocenters. The Balaban J connectivity index is 2.77. The van der Waals surface area contributed by atoms with Gasteiger partial charge in [0.05, 0.1) is 6.26 Å². The van der Waals surface area contributed by atoms with Crippen molar-refractivity contribution in [1.82, 2.24) is 0 Å². The van der Waals surface area contributed by atoms with Crippen LogP contribution < -0.4 is 0 Å². The molecule has 4 heteroatoms. The Morgan fingerprint density at radius 3 is 2.90 bits per heavy atom. The molecule has 0 saturated carbocycles. The normalized spacial score (nSPS) is 12.9. The van der Waals surface area contributed by atoms with Crippen molar-refractivity contribution in [2.45, 2.75) is 13.0 Å². The zero-order chi connectivity index (χ0) is 7.56. The lowest BCUT2D eigenvalue weighted by Gasteiger charge is -1.96. The van der Waals surface area contributed by atoms with Crippen LogP contribution in [0.3, 0.4) is 0 Å². The van der Waals surface area contributed by atoms with Crippen LogP contribution >= 0.6 is 0 Å². The fourth-order valence-electron chi connectivity index (χ4n) is 0.633. The zero-order valence-electron chi connectivity index (χ0n) is 5.48. The zero-order valence-corrected chi connectivity index (χ0v) is 5.48. The fourth-order valence-corrected chi connectivity index (χ4v) is 0.633. The maximum absolute atomic E-state index is 10.1. The van der Waals surface area contributed by atoms with E-state index in [1.165, 1.54) is 13.2 Å². The molecule has 0 aliphatic carbocycles. The van der Waals surface area contributed by atoms with Gasteiger partial charge in [0.1, 0.15) is 0 Å². The van der Waals surface area contributed by atoms with Gasteiger partial charge in [0.25, 0.3) is 6.04 Å². The summed E-state index contributed by atoms with van der Waals surface area (Å²) in [5, 5.41) is 10.1. The average molecular weight is 141 g/mol. The first-order valence-electron chi connectivity index (χ1n) is 2.88. The van der Waals surface area contributed by atoms with Gasteiger partial charge >= 0.3 is 0 Å². The molecule has 4 nitrogen and oxygen atoms in total. The van der Waals surface area contributed by atoms with E-state index in [-0.39, 0.29) is 0 Å². The molecule has 1 aromatic heterocycles. The summed E-state index contributed by atoms with van der Waals surface area (Å²) in [4.78, 5) is 9.75. The van der Waals surface area contributed by atoms with Gasteiger partial charge in [-0.2, -0.15) is 0 Å². The molecule has 0 bridgehead atoms. The topological polar surface area (TPSA) is 56.3 Å². The molecule has 54 valence electrons. The highest BCUT2D eigenvalue weighted by atomic mass is 16.6. The molecule has 1 rings (SSSR count). The monoisotopic (exact) mass is 141 g/mol. The van der Waals surface area contributed by atoms with Gasteiger partial charge in [-0.15, -0.1) is 0 Å². The molecule has 0 spiro atoms. The third-order valence-electron chi connectivity index (χ3n) is 1.27. The van der Waals surface area contributed by atoms with Crippen LogP contribution in [0, 0.1) is 10.1 Å². The molecular weight excluding hydrogens is 134 g/mol. The lowest BCUT2D eigenvalue weighted by atomic mass is 10.3. The van der Waals surface area contributed by atoms with Crippen molar-refractivity contribution < 1.29 is 9.34 Å². The van der Waals surface area contributed by atoms with Crippen LogP contribution in [-0.4, -0.2) is 4.92 Å². The SMILES string of the molecule is CC(c1ccco1)[N+](=O)[O-]. The van der Waals surface area contributed by atoms with E-state index < -0.39 is 11.0 Å². The summed E-state index contributed by atoms with van der Waals surface area (Å²) in [6.07, 6.45) is 1.43. The molecule has 1 atom stereocenters. The van der Waals surface area contributed by atoms with Crippen molar-refractivity contribution >= 4 is 0 Å². The molecule has 1 aromatic rings. The van der Waals surface area contributed by atoms with E-state index in [2.05, 4.69) is 0 Å². The Bertz CT molecular complexity index is 217. The van der Waals surface area contributed by atoms with Crippen molar-refractivity contribution in [3.8, 4) is 0 Å². The van der Waals surface area contributed by atoms with E-state index in [0.29, 0.717) is 5.76 Å². The van der Waals surface area contributed by atoms with Gasteiger partial charge in [0.15, 0.2) is 5.76 Å². The summed E-state index contributed by atoms with van der Waals surface area (Å²) in [7, 11) is 0. The van der Waals surface area contributed by atoms with Crippen molar-refractivity contribution in [2.75, 3.05) is 0 Å². The van der Waals surface area contributed by atoms with Crippen molar-refractivity contribution in [2.24, 2.45) is 0 Å². The quantitative estimate of drug-likeness (QED) is 0.464. The Hall–Kier alpha value is -1.32. The van der Waals surface area contributed by atoms with Gasteiger partial charge in [-0.3, -0.25) is 10.1 Å². The van der Waals surface area contributed by atoms with Crippen LogP contribution in [0.5, 0.6) is 0 Å². The summed E-state index contributed by atoms with van der Waals surface area (Å²) >= 11 is 0. The summed E-state index contributed by atoms with van der Waals surface area (Å²) in [6, 6.07) is 2.48. The lowest BCUT2D eigenvalue weighted by Crippen LogP contribution is -2.04. The van der Waals surface area contributed by atoms with Gasteiger partial charge < -0.3 is 4.42 Å².